The van der Waals surface area contributed by atoms with Gasteiger partial charge in [-0.3, -0.25) is 4.79 Å². The molecule has 0 aromatic heterocycles. The maximum atomic E-state index is 13.8. The molecule has 0 radical (unpaired) electrons. The van der Waals surface area contributed by atoms with E-state index in [-0.39, 0.29) is 17.1 Å². The van der Waals surface area contributed by atoms with Gasteiger partial charge in [-0.15, -0.1) is 4.40 Å². The average Bonchev–Trinajstić information content (AvgIpc) is 2.97. The summed E-state index contributed by atoms with van der Waals surface area (Å²) >= 11 is 0. The standard InChI is InChI=1S/C19H17F2N3O3S/c20-14-7-3-8-15(17(14)21)22-19(25)12-5-4-10-24(11-12)18-13-6-1-2-9-16(13)28(26,27)23-18/h1-3,6-9,12H,4-5,10-11H2,(H,22,25). The van der Waals surface area contributed by atoms with Gasteiger partial charge >= 0.3 is 0 Å². The molecule has 146 valence electrons. The van der Waals surface area contributed by atoms with Crippen LogP contribution in [0.2, 0.25) is 0 Å². The van der Waals surface area contributed by atoms with Gasteiger partial charge in [0.25, 0.3) is 10.0 Å². The fourth-order valence-corrected chi connectivity index (χ4v) is 4.76. The third kappa shape index (κ3) is 3.26. The van der Waals surface area contributed by atoms with E-state index in [9.17, 15) is 22.0 Å². The molecule has 1 amide bonds. The topological polar surface area (TPSA) is 78.8 Å². The largest absolute Gasteiger partial charge is 0.355 e. The number of anilines is 1. The van der Waals surface area contributed by atoms with Crippen molar-refractivity contribution in [3.8, 4) is 0 Å². The number of rotatable bonds is 2. The quantitative estimate of drug-likeness (QED) is 0.833. The number of amidine groups is 1. The summed E-state index contributed by atoms with van der Waals surface area (Å²) in [6.07, 6.45) is 1.20. The minimum Gasteiger partial charge on any atom is -0.355 e. The molecule has 2 aliphatic rings. The van der Waals surface area contributed by atoms with Gasteiger partial charge in [0.15, 0.2) is 17.5 Å². The van der Waals surface area contributed by atoms with E-state index in [2.05, 4.69) is 9.71 Å². The van der Waals surface area contributed by atoms with Crippen LogP contribution >= 0.6 is 0 Å². The van der Waals surface area contributed by atoms with Crippen molar-refractivity contribution in [2.45, 2.75) is 17.7 Å². The molecule has 1 fully saturated rings. The molecule has 1 saturated heterocycles. The van der Waals surface area contributed by atoms with Gasteiger partial charge < -0.3 is 10.2 Å². The number of hydrogen-bond donors (Lipinski definition) is 1. The minimum absolute atomic E-state index is 0.151. The fraction of sp³-hybridized carbons (Fsp3) is 0.263. The predicted molar refractivity (Wildman–Crippen MR) is 99.4 cm³/mol. The molecule has 1 N–H and O–H groups in total. The number of carbonyl (C=O) groups excluding carboxylic acids is 1. The highest BCUT2D eigenvalue weighted by Crippen LogP contribution is 2.30. The van der Waals surface area contributed by atoms with Crippen LogP contribution in [0.5, 0.6) is 0 Å². The first-order chi connectivity index (χ1) is 13.4. The van der Waals surface area contributed by atoms with Crippen LogP contribution in [0.1, 0.15) is 18.4 Å². The average molecular weight is 405 g/mol. The van der Waals surface area contributed by atoms with E-state index in [1.807, 2.05) is 0 Å². The Bertz CT molecular complexity index is 1090. The van der Waals surface area contributed by atoms with E-state index in [0.717, 1.165) is 6.07 Å². The number of likely N-dealkylation sites (tertiary alicyclic amines) is 1. The van der Waals surface area contributed by atoms with Crippen molar-refractivity contribution in [1.82, 2.24) is 4.90 Å². The van der Waals surface area contributed by atoms with Crippen molar-refractivity contribution in [2.75, 3.05) is 18.4 Å². The number of carbonyl (C=O) groups is 1. The highest BCUT2D eigenvalue weighted by Gasteiger charge is 2.35. The molecule has 2 aromatic rings. The summed E-state index contributed by atoms with van der Waals surface area (Å²) in [5, 5.41) is 2.43. The highest BCUT2D eigenvalue weighted by atomic mass is 32.2. The number of amides is 1. The molecular weight excluding hydrogens is 388 g/mol. The van der Waals surface area contributed by atoms with Crippen LogP contribution in [0, 0.1) is 17.6 Å². The first kappa shape index (κ1) is 18.5. The van der Waals surface area contributed by atoms with Crippen LogP contribution in [0.4, 0.5) is 14.5 Å². The summed E-state index contributed by atoms with van der Waals surface area (Å²) in [5.41, 5.74) is 0.299. The van der Waals surface area contributed by atoms with E-state index in [1.54, 1.807) is 23.1 Å². The smallest absolute Gasteiger partial charge is 0.285 e. The second-order valence-corrected chi connectivity index (χ2v) is 8.33. The third-order valence-electron chi connectivity index (χ3n) is 4.91. The molecule has 0 bridgehead atoms. The number of hydrogen-bond acceptors (Lipinski definition) is 4. The van der Waals surface area contributed by atoms with Crippen LogP contribution in [0.25, 0.3) is 0 Å². The van der Waals surface area contributed by atoms with Crippen molar-refractivity contribution < 1.29 is 22.0 Å². The molecule has 0 aliphatic carbocycles. The Morgan fingerprint density at radius 2 is 1.93 bits per heavy atom. The Balaban J connectivity index is 1.54. The molecule has 0 spiro atoms. The third-order valence-corrected chi connectivity index (χ3v) is 6.24. The van der Waals surface area contributed by atoms with Crippen molar-refractivity contribution in [1.29, 1.82) is 0 Å². The van der Waals surface area contributed by atoms with Crippen molar-refractivity contribution in [3.05, 3.63) is 59.7 Å². The first-order valence-corrected chi connectivity index (χ1v) is 10.2. The molecule has 2 aliphatic heterocycles. The summed E-state index contributed by atoms with van der Waals surface area (Å²) in [5.74, 6) is -2.77. The van der Waals surface area contributed by atoms with Crippen molar-refractivity contribution >= 4 is 27.5 Å². The lowest BCUT2D eigenvalue weighted by Gasteiger charge is -2.33. The highest BCUT2D eigenvalue weighted by molar-refractivity contribution is 7.90. The Morgan fingerprint density at radius 3 is 2.75 bits per heavy atom. The van der Waals surface area contributed by atoms with Crippen molar-refractivity contribution in [3.63, 3.8) is 0 Å². The lowest BCUT2D eigenvalue weighted by Crippen LogP contribution is -2.43. The van der Waals surface area contributed by atoms with Crippen LogP contribution in [-0.2, 0) is 14.8 Å². The second kappa shape index (κ2) is 6.97. The lowest BCUT2D eigenvalue weighted by molar-refractivity contribution is -0.121. The van der Waals surface area contributed by atoms with Gasteiger partial charge in [0, 0.05) is 18.7 Å². The number of nitrogens with zero attached hydrogens (tertiary/aromatic N) is 2. The molecule has 9 heteroatoms. The van der Waals surface area contributed by atoms with Gasteiger partial charge in [0.2, 0.25) is 5.91 Å². The first-order valence-electron chi connectivity index (χ1n) is 8.81. The molecule has 1 atom stereocenters. The monoisotopic (exact) mass is 405 g/mol. The number of benzene rings is 2. The van der Waals surface area contributed by atoms with Crippen molar-refractivity contribution in [2.24, 2.45) is 10.3 Å². The van der Waals surface area contributed by atoms with E-state index in [4.69, 9.17) is 0 Å². The molecule has 4 rings (SSSR count). The number of fused-ring (bicyclic) bond motifs is 1. The summed E-state index contributed by atoms with van der Waals surface area (Å²) in [4.78, 5) is 14.5. The zero-order valence-electron chi connectivity index (χ0n) is 14.7. The van der Waals surface area contributed by atoms with Crippen LogP contribution in [0.15, 0.2) is 51.8 Å². The maximum Gasteiger partial charge on any atom is 0.285 e. The minimum atomic E-state index is -3.75. The van der Waals surface area contributed by atoms with Crippen LogP contribution in [0.3, 0.4) is 0 Å². The lowest BCUT2D eigenvalue weighted by atomic mass is 9.96. The van der Waals surface area contributed by atoms with Crippen LogP contribution < -0.4 is 5.32 Å². The summed E-state index contributed by atoms with van der Waals surface area (Å²) < 4.78 is 55.6. The van der Waals surface area contributed by atoms with Gasteiger partial charge in [-0.1, -0.05) is 18.2 Å². The second-order valence-electron chi connectivity index (χ2n) is 6.76. The molecule has 28 heavy (non-hydrogen) atoms. The van der Waals surface area contributed by atoms with E-state index < -0.39 is 33.5 Å². The zero-order valence-corrected chi connectivity index (χ0v) is 15.5. The molecule has 6 nitrogen and oxygen atoms in total. The van der Waals surface area contributed by atoms with Gasteiger partial charge in [-0.05, 0) is 37.1 Å². The van der Waals surface area contributed by atoms with E-state index in [0.29, 0.717) is 30.8 Å². The Morgan fingerprint density at radius 1 is 1.14 bits per heavy atom. The Labute approximate surface area is 160 Å². The zero-order chi connectivity index (χ0) is 19.9. The number of halogens is 2. The molecule has 2 aromatic carbocycles. The van der Waals surface area contributed by atoms with E-state index in [1.165, 1.54) is 18.2 Å². The summed E-state index contributed by atoms with van der Waals surface area (Å²) in [7, 11) is -3.75. The van der Waals surface area contributed by atoms with Crippen LogP contribution in [-0.4, -0.2) is 38.2 Å². The fourth-order valence-electron chi connectivity index (χ4n) is 3.54. The normalized spacial score (nSPS) is 20.4. The molecule has 0 saturated carbocycles. The number of sulfonamides is 1. The van der Waals surface area contributed by atoms with E-state index >= 15 is 0 Å². The summed E-state index contributed by atoms with van der Waals surface area (Å²) in [6, 6.07) is 10.1. The predicted octanol–water partition coefficient (Wildman–Crippen LogP) is 2.76. The molecular formula is C19H17F2N3O3S. The van der Waals surface area contributed by atoms with Gasteiger partial charge in [-0.25, -0.2) is 8.78 Å². The van der Waals surface area contributed by atoms with Gasteiger partial charge in [0.1, 0.15) is 4.90 Å². The maximum absolute atomic E-state index is 13.8. The SMILES string of the molecule is O=C(Nc1cccc(F)c1F)C1CCCN(C2=NS(=O)(=O)c3ccccc32)C1. The number of nitrogens with one attached hydrogen (secondary N) is 1. The Hall–Kier alpha value is -2.81. The van der Waals surface area contributed by atoms with Gasteiger partial charge in [0.05, 0.1) is 11.6 Å². The summed E-state index contributed by atoms with van der Waals surface area (Å²) in [6.45, 7) is 0.798. The molecule has 2 heterocycles. The van der Waals surface area contributed by atoms with Gasteiger partial charge in [-0.2, -0.15) is 8.42 Å². The Kier molecular flexibility index (Phi) is 4.62. The number of piperidine rings is 1. The molecule has 1 unspecified atom stereocenters.